The highest BCUT2D eigenvalue weighted by Crippen LogP contribution is 2.12. The lowest BCUT2D eigenvalue weighted by molar-refractivity contribution is -0.145. The second kappa shape index (κ2) is 10.3. The number of ketones is 1. The van der Waals surface area contributed by atoms with Crippen LogP contribution < -0.4 is 10.1 Å². The molecule has 1 atom stereocenters. The average molecular weight is 383 g/mol. The molecule has 0 radical (unpaired) electrons. The summed E-state index contributed by atoms with van der Waals surface area (Å²) in [6.45, 7) is 5.64. The molecule has 0 aliphatic carbocycles. The van der Waals surface area contributed by atoms with E-state index in [2.05, 4.69) is 5.32 Å². The van der Waals surface area contributed by atoms with Gasteiger partial charge in [-0.2, -0.15) is 0 Å². The van der Waals surface area contributed by atoms with Gasteiger partial charge in [-0.3, -0.25) is 14.4 Å². The Bertz CT molecular complexity index is 812. The fraction of sp³-hybridized carbons (Fsp3) is 0.318. The first-order valence-electron chi connectivity index (χ1n) is 9.28. The van der Waals surface area contributed by atoms with E-state index in [9.17, 15) is 14.4 Å². The van der Waals surface area contributed by atoms with Gasteiger partial charge in [0, 0.05) is 11.1 Å². The molecule has 28 heavy (non-hydrogen) atoms. The number of esters is 1. The van der Waals surface area contributed by atoms with Gasteiger partial charge in [0.05, 0.1) is 6.61 Å². The minimum atomic E-state index is -0.928. The number of carbonyl (C=O) groups is 3. The number of hydrogen-bond donors (Lipinski definition) is 1. The molecule has 148 valence electrons. The van der Waals surface area contributed by atoms with Crippen LogP contribution >= 0.6 is 0 Å². The topological polar surface area (TPSA) is 81.7 Å². The van der Waals surface area contributed by atoms with Gasteiger partial charge in [-0.15, -0.1) is 0 Å². The van der Waals surface area contributed by atoms with Crippen LogP contribution in [0.25, 0.3) is 0 Å². The maximum absolute atomic E-state index is 12.3. The van der Waals surface area contributed by atoms with Crippen molar-refractivity contribution in [1.29, 1.82) is 0 Å². The van der Waals surface area contributed by atoms with E-state index < -0.39 is 18.0 Å². The fourth-order valence-electron chi connectivity index (χ4n) is 2.56. The van der Waals surface area contributed by atoms with Gasteiger partial charge in [-0.05, 0) is 50.1 Å². The molecule has 0 unspecified atom stereocenters. The van der Waals surface area contributed by atoms with Crippen LogP contribution in [0, 0.1) is 0 Å². The van der Waals surface area contributed by atoms with Gasteiger partial charge in [0.25, 0.3) is 5.91 Å². The monoisotopic (exact) mass is 383 g/mol. The first-order chi connectivity index (χ1) is 13.4. The zero-order valence-electron chi connectivity index (χ0n) is 16.4. The number of rotatable bonds is 9. The van der Waals surface area contributed by atoms with Gasteiger partial charge < -0.3 is 14.8 Å². The zero-order valence-corrected chi connectivity index (χ0v) is 16.4. The van der Waals surface area contributed by atoms with Crippen molar-refractivity contribution in [2.24, 2.45) is 0 Å². The summed E-state index contributed by atoms with van der Waals surface area (Å²) in [5.41, 5.74) is 2.01. The number of benzene rings is 2. The summed E-state index contributed by atoms with van der Waals surface area (Å²) in [7, 11) is 0. The smallest absolute Gasteiger partial charge is 0.326 e. The van der Waals surface area contributed by atoms with Crippen LogP contribution in [0.2, 0.25) is 0 Å². The van der Waals surface area contributed by atoms with Gasteiger partial charge in [-0.1, -0.05) is 31.2 Å². The first kappa shape index (κ1) is 21.2. The highest BCUT2D eigenvalue weighted by Gasteiger charge is 2.20. The van der Waals surface area contributed by atoms with Gasteiger partial charge in [0.15, 0.2) is 6.10 Å². The van der Waals surface area contributed by atoms with Gasteiger partial charge >= 0.3 is 5.97 Å². The standard InChI is InChI=1S/C22H25NO5/c1-4-16-6-8-17(9-7-16)21(25)15(3)28-20(24)14-23-22(26)18-10-12-19(13-11-18)27-5-2/h6-13,15H,4-5,14H2,1-3H3,(H,23,26)/t15-/m1/s1. The molecule has 0 saturated heterocycles. The van der Waals surface area contributed by atoms with Crippen molar-refractivity contribution in [3.8, 4) is 5.75 Å². The number of hydrogen-bond acceptors (Lipinski definition) is 5. The molecule has 0 aromatic heterocycles. The first-order valence-corrected chi connectivity index (χ1v) is 9.28. The van der Waals surface area contributed by atoms with Crippen LogP contribution in [-0.4, -0.2) is 36.9 Å². The Morgan fingerprint density at radius 1 is 0.929 bits per heavy atom. The van der Waals surface area contributed by atoms with E-state index in [1.165, 1.54) is 6.92 Å². The van der Waals surface area contributed by atoms with Crippen LogP contribution in [0.4, 0.5) is 0 Å². The molecule has 2 rings (SSSR count). The summed E-state index contributed by atoms with van der Waals surface area (Å²) in [6, 6.07) is 13.8. The van der Waals surface area contributed by atoms with E-state index in [1.54, 1.807) is 36.4 Å². The third-order valence-electron chi connectivity index (χ3n) is 4.14. The van der Waals surface area contributed by atoms with E-state index in [0.717, 1.165) is 12.0 Å². The second-order valence-corrected chi connectivity index (χ2v) is 6.19. The lowest BCUT2D eigenvalue weighted by Gasteiger charge is -2.13. The minimum absolute atomic E-state index is 0.283. The lowest BCUT2D eigenvalue weighted by atomic mass is 10.0. The Balaban J connectivity index is 1.83. The summed E-state index contributed by atoms with van der Waals surface area (Å²) in [4.78, 5) is 36.4. The minimum Gasteiger partial charge on any atom is -0.494 e. The Labute approximate surface area is 164 Å². The van der Waals surface area contributed by atoms with Crippen molar-refractivity contribution in [3.05, 3.63) is 65.2 Å². The number of nitrogens with one attached hydrogen (secondary N) is 1. The van der Waals surface area contributed by atoms with E-state index >= 15 is 0 Å². The van der Waals surface area contributed by atoms with E-state index in [0.29, 0.717) is 23.5 Å². The molecule has 0 saturated carbocycles. The van der Waals surface area contributed by atoms with Crippen molar-refractivity contribution in [2.45, 2.75) is 33.3 Å². The summed E-state index contributed by atoms with van der Waals surface area (Å²) in [6.07, 6.45) is -0.0464. The van der Waals surface area contributed by atoms with Crippen LogP contribution in [0.15, 0.2) is 48.5 Å². The lowest BCUT2D eigenvalue weighted by Crippen LogP contribution is -2.34. The highest BCUT2D eigenvalue weighted by atomic mass is 16.5. The maximum Gasteiger partial charge on any atom is 0.326 e. The van der Waals surface area contributed by atoms with Gasteiger partial charge in [0.1, 0.15) is 12.3 Å². The van der Waals surface area contributed by atoms with Crippen LogP contribution in [0.1, 0.15) is 47.1 Å². The molecule has 1 amide bonds. The SMILES string of the molecule is CCOc1ccc(C(=O)NCC(=O)O[C@H](C)C(=O)c2ccc(CC)cc2)cc1. The molecule has 0 bridgehead atoms. The molecule has 6 nitrogen and oxygen atoms in total. The van der Waals surface area contributed by atoms with Gasteiger partial charge in [0.2, 0.25) is 5.78 Å². The second-order valence-electron chi connectivity index (χ2n) is 6.19. The Kier molecular flexibility index (Phi) is 7.75. The summed E-state index contributed by atoms with van der Waals surface area (Å²) < 4.78 is 10.5. The predicted octanol–water partition coefficient (Wildman–Crippen LogP) is 3.19. The van der Waals surface area contributed by atoms with Crippen molar-refractivity contribution in [1.82, 2.24) is 5.32 Å². The molecule has 0 aliphatic heterocycles. The normalized spacial score (nSPS) is 11.4. The Hall–Kier alpha value is -3.15. The predicted molar refractivity (Wildman–Crippen MR) is 106 cm³/mol. The number of Topliss-reactive ketones (excluding diaryl/α,β-unsaturated/α-hetero) is 1. The molecule has 0 heterocycles. The summed E-state index contributed by atoms with van der Waals surface area (Å²) in [5.74, 6) is -0.703. The molecule has 6 heteroatoms. The molecular formula is C22H25NO5. The largest absolute Gasteiger partial charge is 0.494 e. The van der Waals surface area contributed by atoms with Crippen LogP contribution in [0.3, 0.4) is 0 Å². The van der Waals surface area contributed by atoms with Crippen LogP contribution in [0.5, 0.6) is 5.75 Å². The zero-order chi connectivity index (χ0) is 20.5. The number of carbonyl (C=O) groups excluding carboxylic acids is 3. The number of ether oxygens (including phenoxy) is 2. The molecule has 2 aromatic rings. The number of amides is 1. The average Bonchev–Trinajstić information content (AvgIpc) is 2.72. The van der Waals surface area contributed by atoms with E-state index in [4.69, 9.17) is 9.47 Å². The summed E-state index contributed by atoms with van der Waals surface area (Å²) >= 11 is 0. The molecule has 2 aromatic carbocycles. The third-order valence-corrected chi connectivity index (χ3v) is 4.14. The van der Waals surface area contributed by atoms with E-state index in [-0.39, 0.29) is 12.3 Å². The van der Waals surface area contributed by atoms with E-state index in [1.807, 2.05) is 26.0 Å². The van der Waals surface area contributed by atoms with Crippen molar-refractivity contribution in [3.63, 3.8) is 0 Å². The fourth-order valence-corrected chi connectivity index (χ4v) is 2.56. The third kappa shape index (κ3) is 5.94. The van der Waals surface area contributed by atoms with Gasteiger partial charge in [-0.25, -0.2) is 0 Å². The van der Waals surface area contributed by atoms with Crippen LogP contribution in [-0.2, 0) is 16.0 Å². The molecule has 0 aliphatic rings. The summed E-state index contributed by atoms with van der Waals surface area (Å²) in [5, 5.41) is 2.48. The molecule has 0 spiro atoms. The van der Waals surface area contributed by atoms with Crippen molar-refractivity contribution in [2.75, 3.05) is 13.2 Å². The number of aryl methyl sites for hydroxylation is 1. The molecule has 0 fully saturated rings. The van der Waals surface area contributed by atoms with Crippen molar-refractivity contribution >= 4 is 17.7 Å². The quantitative estimate of drug-likeness (QED) is 0.531. The highest BCUT2D eigenvalue weighted by molar-refractivity contribution is 6.00. The molecular weight excluding hydrogens is 358 g/mol. The maximum atomic E-state index is 12.3. The Morgan fingerprint density at radius 3 is 2.11 bits per heavy atom. The Morgan fingerprint density at radius 2 is 1.54 bits per heavy atom. The molecule has 1 N–H and O–H groups in total. The van der Waals surface area contributed by atoms with Crippen molar-refractivity contribution < 1.29 is 23.9 Å².